The molecule has 1 aliphatic heterocycles. The molecule has 0 fully saturated rings. The zero-order valence-electron chi connectivity index (χ0n) is 15.0. The molecule has 3 heterocycles. The standard InChI is InChI=1S/C18H25N5OS/c1-18(2,3)14-6-16(9-20-8-14)24-12-15(19)11-23-10-13(7-22-23)17-21-4-5-25-17/h6-10,15H,4-5,11-12,19H2,1-3H3/t15-/m0/s1. The van der Waals surface area contributed by atoms with Crippen molar-refractivity contribution in [2.24, 2.45) is 10.7 Å². The Labute approximate surface area is 152 Å². The largest absolute Gasteiger partial charge is 0.490 e. The van der Waals surface area contributed by atoms with Crippen molar-refractivity contribution in [3.8, 4) is 5.75 Å². The molecule has 0 radical (unpaired) electrons. The molecule has 2 aromatic heterocycles. The third-order valence-corrected chi connectivity index (χ3v) is 4.96. The summed E-state index contributed by atoms with van der Waals surface area (Å²) in [7, 11) is 0. The summed E-state index contributed by atoms with van der Waals surface area (Å²) in [5.41, 5.74) is 8.45. The molecular formula is C18H25N5OS. The molecule has 0 aliphatic carbocycles. The van der Waals surface area contributed by atoms with Crippen LogP contribution in [0.15, 0.2) is 35.8 Å². The van der Waals surface area contributed by atoms with Crippen LogP contribution >= 0.6 is 11.8 Å². The molecule has 3 rings (SSSR count). The first kappa shape index (κ1) is 17.9. The summed E-state index contributed by atoms with van der Waals surface area (Å²) in [6, 6.07) is 1.88. The number of aromatic nitrogens is 3. The molecule has 0 aromatic carbocycles. The molecule has 2 aromatic rings. The average Bonchev–Trinajstić information content (AvgIpc) is 3.23. The second-order valence-corrected chi connectivity index (χ2v) is 8.30. The van der Waals surface area contributed by atoms with Crippen LogP contribution in [0, 0.1) is 0 Å². The van der Waals surface area contributed by atoms with Gasteiger partial charge < -0.3 is 10.5 Å². The highest BCUT2D eigenvalue weighted by Gasteiger charge is 2.16. The number of rotatable bonds is 6. The van der Waals surface area contributed by atoms with E-state index in [9.17, 15) is 0 Å². The van der Waals surface area contributed by atoms with E-state index in [0.717, 1.165) is 34.2 Å². The number of nitrogens with two attached hydrogens (primary N) is 1. The predicted octanol–water partition coefficient (Wildman–Crippen LogP) is 2.48. The molecule has 6 nitrogen and oxygen atoms in total. The number of aliphatic imine (C=N–C) groups is 1. The molecule has 0 bridgehead atoms. The Bertz CT molecular complexity index is 750. The number of nitrogens with zero attached hydrogens (tertiary/aromatic N) is 4. The molecule has 1 atom stereocenters. The third kappa shape index (κ3) is 4.83. The van der Waals surface area contributed by atoms with Crippen molar-refractivity contribution in [2.75, 3.05) is 18.9 Å². The Kier molecular flexibility index (Phi) is 5.44. The van der Waals surface area contributed by atoms with Crippen molar-refractivity contribution in [1.29, 1.82) is 0 Å². The van der Waals surface area contributed by atoms with E-state index in [1.165, 1.54) is 0 Å². The maximum Gasteiger partial charge on any atom is 0.137 e. The average molecular weight is 359 g/mol. The first-order chi connectivity index (χ1) is 11.9. The highest BCUT2D eigenvalue weighted by molar-refractivity contribution is 8.14. The molecule has 2 N–H and O–H groups in total. The fourth-order valence-electron chi connectivity index (χ4n) is 2.49. The van der Waals surface area contributed by atoms with Gasteiger partial charge in [0, 0.05) is 30.3 Å². The smallest absolute Gasteiger partial charge is 0.137 e. The summed E-state index contributed by atoms with van der Waals surface area (Å²) in [5, 5.41) is 5.45. The maximum atomic E-state index is 6.20. The fourth-order valence-corrected chi connectivity index (χ4v) is 3.32. The lowest BCUT2D eigenvalue weighted by Gasteiger charge is -2.19. The summed E-state index contributed by atoms with van der Waals surface area (Å²) in [5.74, 6) is 1.80. The van der Waals surface area contributed by atoms with Crippen molar-refractivity contribution in [1.82, 2.24) is 14.8 Å². The van der Waals surface area contributed by atoms with Crippen LogP contribution in [0.3, 0.4) is 0 Å². The lowest BCUT2D eigenvalue weighted by Crippen LogP contribution is -2.32. The van der Waals surface area contributed by atoms with Crippen LogP contribution in [-0.2, 0) is 12.0 Å². The molecule has 0 saturated carbocycles. The van der Waals surface area contributed by atoms with Crippen LogP contribution in [0.5, 0.6) is 5.75 Å². The Morgan fingerprint density at radius 2 is 2.16 bits per heavy atom. The van der Waals surface area contributed by atoms with E-state index in [1.807, 2.05) is 29.3 Å². The van der Waals surface area contributed by atoms with Gasteiger partial charge in [0.2, 0.25) is 0 Å². The molecule has 0 amide bonds. The molecule has 0 saturated heterocycles. The quantitative estimate of drug-likeness (QED) is 0.857. The number of ether oxygens (including phenoxy) is 1. The first-order valence-electron chi connectivity index (χ1n) is 8.46. The van der Waals surface area contributed by atoms with Gasteiger partial charge in [0.05, 0.1) is 25.0 Å². The fraction of sp³-hybridized carbons (Fsp3) is 0.500. The normalized spacial score (nSPS) is 15.9. The molecule has 0 unspecified atom stereocenters. The maximum absolute atomic E-state index is 6.20. The van der Waals surface area contributed by atoms with Gasteiger partial charge in [-0.1, -0.05) is 20.8 Å². The highest BCUT2D eigenvalue weighted by atomic mass is 32.2. The summed E-state index contributed by atoms with van der Waals surface area (Å²) >= 11 is 1.77. The summed E-state index contributed by atoms with van der Waals surface area (Å²) in [6.07, 6.45) is 7.45. The zero-order chi connectivity index (χ0) is 17.9. The van der Waals surface area contributed by atoms with Crippen LogP contribution < -0.4 is 10.5 Å². The molecular weight excluding hydrogens is 334 g/mol. The van der Waals surface area contributed by atoms with Crippen LogP contribution in [-0.4, -0.2) is 44.8 Å². The Balaban J connectivity index is 1.54. The number of thioether (sulfide) groups is 1. The number of pyridine rings is 1. The summed E-state index contributed by atoms with van der Waals surface area (Å²) < 4.78 is 7.68. The lowest BCUT2D eigenvalue weighted by molar-refractivity contribution is 0.270. The molecule has 1 aliphatic rings. The number of hydrogen-bond donors (Lipinski definition) is 1. The monoisotopic (exact) mass is 359 g/mol. The topological polar surface area (TPSA) is 78.3 Å². The van der Waals surface area contributed by atoms with Crippen molar-refractivity contribution >= 4 is 16.8 Å². The van der Waals surface area contributed by atoms with Gasteiger partial charge in [0.1, 0.15) is 17.4 Å². The van der Waals surface area contributed by atoms with E-state index in [2.05, 4.69) is 35.8 Å². The molecule has 0 spiro atoms. The van der Waals surface area contributed by atoms with Gasteiger partial charge in [0.15, 0.2) is 0 Å². The lowest BCUT2D eigenvalue weighted by atomic mass is 9.88. The van der Waals surface area contributed by atoms with Gasteiger partial charge in [-0.2, -0.15) is 5.10 Å². The van der Waals surface area contributed by atoms with E-state index in [4.69, 9.17) is 10.5 Å². The second-order valence-electron chi connectivity index (χ2n) is 7.22. The van der Waals surface area contributed by atoms with Gasteiger partial charge >= 0.3 is 0 Å². The molecule has 25 heavy (non-hydrogen) atoms. The van der Waals surface area contributed by atoms with Crippen LogP contribution in [0.4, 0.5) is 0 Å². The van der Waals surface area contributed by atoms with Crippen molar-refractivity contribution < 1.29 is 4.74 Å². The van der Waals surface area contributed by atoms with E-state index < -0.39 is 0 Å². The minimum atomic E-state index is -0.149. The van der Waals surface area contributed by atoms with E-state index in [0.29, 0.717) is 13.2 Å². The molecule has 7 heteroatoms. The van der Waals surface area contributed by atoms with Crippen LogP contribution in [0.2, 0.25) is 0 Å². The zero-order valence-corrected chi connectivity index (χ0v) is 15.8. The SMILES string of the molecule is CC(C)(C)c1cncc(OC[C@@H](N)Cn2cc(C3=NCCS3)cn2)c1. The van der Waals surface area contributed by atoms with Crippen molar-refractivity contribution in [2.45, 2.75) is 38.8 Å². The third-order valence-electron chi connectivity index (χ3n) is 3.93. The van der Waals surface area contributed by atoms with Crippen LogP contribution in [0.1, 0.15) is 31.9 Å². The minimum Gasteiger partial charge on any atom is -0.490 e. The Morgan fingerprint density at radius 3 is 2.88 bits per heavy atom. The van der Waals surface area contributed by atoms with E-state index >= 15 is 0 Å². The van der Waals surface area contributed by atoms with Gasteiger partial charge in [-0.05, 0) is 17.0 Å². The van der Waals surface area contributed by atoms with Crippen LogP contribution in [0.25, 0.3) is 0 Å². The highest BCUT2D eigenvalue weighted by Crippen LogP contribution is 2.24. The van der Waals surface area contributed by atoms with Gasteiger partial charge in [-0.25, -0.2) is 0 Å². The summed E-state index contributed by atoms with van der Waals surface area (Å²) in [6.45, 7) is 8.37. The minimum absolute atomic E-state index is 0.0426. The first-order valence-corrected chi connectivity index (χ1v) is 9.44. The predicted molar refractivity (Wildman–Crippen MR) is 102 cm³/mol. The number of hydrogen-bond acceptors (Lipinski definition) is 6. The Hall–Kier alpha value is -1.86. The van der Waals surface area contributed by atoms with Crippen molar-refractivity contribution in [3.05, 3.63) is 42.0 Å². The van der Waals surface area contributed by atoms with E-state index in [1.54, 1.807) is 18.0 Å². The Morgan fingerprint density at radius 1 is 1.32 bits per heavy atom. The molecule has 134 valence electrons. The second kappa shape index (κ2) is 7.58. The van der Waals surface area contributed by atoms with Gasteiger partial charge in [0.25, 0.3) is 0 Å². The van der Waals surface area contributed by atoms with Gasteiger partial charge in [-0.15, -0.1) is 11.8 Å². The van der Waals surface area contributed by atoms with Crippen molar-refractivity contribution in [3.63, 3.8) is 0 Å². The van der Waals surface area contributed by atoms with Gasteiger partial charge in [-0.3, -0.25) is 14.7 Å². The summed E-state index contributed by atoms with van der Waals surface area (Å²) in [4.78, 5) is 8.73. The van der Waals surface area contributed by atoms with E-state index in [-0.39, 0.29) is 11.5 Å².